The molecule has 2 aromatic carbocycles. The number of methoxy groups -OCH3 is 2. The normalized spacial score (nSPS) is 11.8. The van der Waals surface area contributed by atoms with Gasteiger partial charge < -0.3 is 24.3 Å². The lowest BCUT2D eigenvalue weighted by Crippen LogP contribution is -2.42. The van der Waals surface area contributed by atoms with Crippen molar-refractivity contribution in [2.24, 2.45) is 0 Å². The molecule has 0 saturated carbocycles. The Hall–Kier alpha value is -3.48. The van der Waals surface area contributed by atoms with Crippen LogP contribution < -0.4 is 14.8 Å². The molecule has 0 radical (unpaired) electrons. The number of amides is 1. The summed E-state index contributed by atoms with van der Waals surface area (Å²) >= 11 is 0. The molecule has 140 valence electrons. The van der Waals surface area contributed by atoms with Gasteiger partial charge in [0.15, 0.2) is 5.76 Å². The number of carboxylic acid groups (broad SMARTS) is 1. The minimum absolute atomic E-state index is 0.0410. The van der Waals surface area contributed by atoms with Crippen LogP contribution in [0.4, 0.5) is 0 Å². The molecule has 0 bridgehead atoms. The van der Waals surface area contributed by atoms with Crippen LogP contribution in [0.3, 0.4) is 0 Å². The Morgan fingerprint density at radius 1 is 1.04 bits per heavy atom. The number of furan rings is 1. The predicted molar refractivity (Wildman–Crippen MR) is 98.4 cm³/mol. The Labute approximate surface area is 155 Å². The first-order chi connectivity index (χ1) is 13.0. The molecule has 1 aromatic heterocycles. The molecule has 7 heteroatoms. The quantitative estimate of drug-likeness (QED) is 0.665. The zero-order valence-corrected chi connectivity index (χ0v) is 14.9. The van der Waals surface area contributed by atoms with Gasteiger partial charge in [0.25, 0.3) is 5.91 Å². The summed E-state index contributed by atoms with van der Waals surface area (Å²) in [6.07, 6.45) is 0.138. The van der Waals surface area contributed by atoms with Gasteiger partial charge in [0, 0.05) is 11.8 Å². The molecular formula is C20H19NO6. The summed E-state index contributed by atoms with van der Waals surface area (Å²) in [6.45, 7) is 0. The van der Waals surface area contributed by atoms with Gasteiger partial charge in [-0.2, -0.15) is 0 Å². The number of rotatable bonds is 7. The van der Waals surface area contributed by atoms with E-state index < -0.39 is 17.9 Å². The van der Waals surface area contributed by atoms with Crippen LogP contribution in [-0.4, -0.2) is 37.2 Å². The molecular weight excluding hydrogens is 350 g/mol. The van der Waals surface area contributed by atoms with E-state index in [1.165, 1.54) is 0 Å². The maximum absolute atomic E-state index is 12.5. The van der Waals surface area contributed by atoms with Crippen LogP contribution in [0.15, 0.2) is 52.9 Å². The zero-order valence-electron chi connectivity index (χ0n) is 14.9. The molecule has 0 aliphatic heterocycles. The summed E-state index contributed by atoms with van der Waals surface area (Å²) in [5.41, 5.74) is 1.28. The molecule has 2 N–H and O–H groups in total. The van der Waals surface area contributed by atoms with Gasteiger partial charge >= 0.3 is 5.97 Å². The first kappa shape index (κ1) is 18.3. The SMILES string of the molecule is COc1ccc(CC(NC(=O)c2cc3cc(OC)ccc3o2)C(=O)O)cc1. The van der Waals surface area contributed by atoms with Gasteiger partial charge in [-0.1, -0.05) is 12.1 Å². The van der Waals surface area contributed by atoms with Gasteiger partial charge in [-0.25, -0.2) is 4.79 Å². The Balaban J connectivity index is 1.75. The molecule has 1 heterocycles. The van der Waals surface area contributed by atoms with E-state index in [-0.39, 0.29) is 12.2 Å². The van der Waals surface area contributed by atoms with Crippen molar-refractivity contribution in [1.29, 1.82) is 0 Å². The monoisotopic (exact) mass is 369 g/mol. The lowest BCUT2D eigenvalue weighted by molar-refractivity contribution is -0.139. The average Bonchev–Trinajstić information content (AvgIpc) is 3.11. The number of nitrogens with one attached hydrogen (secondary N) is 1. The predicted octanol–water partition coefficient (Wildman–Crippen LogP) is 2.88. The second kappa shape index (κ2) is 7.82. The van der Waals surface area contributed by atoms with Crippen molar-refractivity contribution in [3.8, 4) is 11.5 Å². The van der Waals surface area contributed by atoms with Crippen LogP contribution in [-0.2, 0) is 11.2 Å². The molecule has 27 heavy (non-hydrogen) atoms. The van der Waals surface area contributed by atoms with E-state index in [0.717, 1.165) is 5.56 Å². The standard InChI is InChI=1S/C20H19NO6/c1-25-14-5-3-12(4-6-14)9-16(20(23)24)21-19(22)18-11-13-10-15(26-2)7-8-17(13)27-18/h3-8,10-11,16H,9H2,1-2H3,(H,21,22)(H,23,24). The summed E-state index contributed by atoms with van der Waals surface area (Å²) in [7, 11) is 3.10. The molecule has 7 nitrogen and oxygen atoms in total. The second-order valence-electron chi connectivity index (χ2n) is 5.93. The van der Waals surface area contributed by atoms with E-state index in [1.807, 2.05) is 0 Å². The highest BCUT2D eigenvalue weighted by molar-refractivity contribution is 5.98. The molecule has 0 spiro atoms. The number of hydrogen-bond donors (Lipinski definition) is 2. The van der Waals surface area contributed by atoms with Gasteiger partial charge in [0.2, 0.25) is 0 Å². The second-order valence-corrected chi connectivity index (χ2v) is 5.93. The molecule has 3 aromatic rings. The third kappa shape index (κ3) is 4.20. The molecule has 0 fully saturated rings. The number of fused-ring (bicyclic) bond motifs is 1. The van der Waals surface area contributed by atoms with Crippen molar-refractivity contribution in [3.05, 3.63) is 59.9 Å². The fourth-order valence-electron chi connectivity index (χ4n) is 2.69. The third-order valence-electron chi connectivity index (χ3n) is 4.15. The lowest BCUT2D eigenvalue weighted by atomic mass is 10.1. The number of ether oxygens (including phenoxy) is 2. The first-order valence-corrected chi connectivity index (χ1v) is 8.24. The fraction of sp³-hybridized carbons (Fsp3) is 0.200. The van der Waals surface area contributed by atoms with E-state index in [4.69, 9.17) is 13.9 Å². The fourth-order valence-corrected chi connectivity index (χ4v) is 2.69. The number of carboxylic acids is 1. The molecule has 1 atom stereocenters. The van der Waals surface area contributed by atoms with E-state index >= 15 is 0 Å². The number of benzene rings is 2. The number of hydrogen-bond acceptors (Lipinski definition) is 5. The highest BCUT2D eigenvalue weighted by atomic mass is 16.5. The van der Waals surface area contributed by atoms with Crippen LogP contribution in [0, 0.1) is 0 Å². The van der Waals surface area contributed by atoms with Crippen molar-refractivity contribution < 1.29 is 28.6 Å². The number of carbonyl (C=O) groups is 2. The summed E-state index contributed by atoms with van der Waals surface area (Å²) in [5, 5.41) is 12.7. The minimum atomic E-state index is -1.13. The van der Waals surface area contributed by atoms with E-state index in [0.29, 0.717) is 22.5 Å². The van der Waals surface area contributed by atoms with Gasteiger partial charge in [0.05, 0.1) is 14.2 Å². The minimum Gasteiger partial charge on any atom is -0.497 e. The zero-order chi connectivity index (χ0) is 19.4. The van der Waals surface area contributed by atoms with Gasteiger partial charge in [-0.05, 0) is 42.0 Å². The summed E-state index contributed by atoms with van der Waals surface area (Å²) in [6, 6.07) is 12.6. The van der Waals surface area contributed by atoms with Crippen LogP contribution in [0.2, 0.25) is 0 Å². The van der Waals surface area contributed by atoms with Crippen LogP contribution in [0.5, 0.6) is 11.5 Å². The topological polar surface area (TPSA) is 98.0 Å². The highest BCUT2D eigenvalue weighted by Gasteiger charge is 2.23. The molecule has 1 amide bonds. The number of aliphatic carboxylic acids is 1. The van der Waals surface area contributed by atoms with Crippen LogP contribution in [0.25, 0.3) is 11.0 Å². The molecule has 1 unspecified atom stereocenters. The van der Waals surface area contributed by atoms with E-state index in [9.17, 15) is 14.7 Å². The Morgan fingerprint density at radius 3 is 2.33 bits per heavy atom. The molecule has 0 saturated heterocycles. The van der Waals surface area contributed by atoms with Crippen molar-refractivity contribution in [1.82, 2.24) is 5.32 Å². The maximum Gasteiger partial charge on any atom is 0.326 e. The molecule has 3 rings (SSSR count). The van der Waals surface area contributed by atoms with Gasteiger partial charge in [-0.15, -0.1) is 0 Å². The average molecular weight is 369 g/mol. The number of carbonyl (C=O) groups excluding carboxylic acids is 1. The maximum atomic E-state index is 12.5. The Morgan fingerprint density at radius 2 is 1.70 bits per heavy atom. The molecule has 0 aliphatic carbocycles. The third-order valence-corrected chi connectivity index (χ3v) is 4.15. The van der Waals surface area contributed by atoms with E-state index in [2.05, 4.69) is 5.32 Å². The lowest BCUT2D eigenvalue weighted by Gasteiger charge is -2.14. The van der Waals surface area contributed by atoms with Crippen molar-refractivity contribution in [2.45, 2.75) is 12.5 Å². The van der Waals surface area contributed by atoms with Crippen LogP contribution >= 0.6 is 0 Å². The Kier molecular flexibility index (Phi) is 5.30. The summed E-state index contributed by atoms with van der Waals surface area (Å²) in [5.74, 6) is -0.368. The Bertz CT molecular complexity index is 960. The molecule has 0 aliphatic rings. The van der Waals surface area contributed by atoms with Crippen molar-refractivity contribution in [2.75, 3.05) is 14.2 Å². The summed E-state index contributed by atoms with van der Waals surface area (Å²) < 4.78 is 15.7. The van der Waals surface area contributed by atoms with E-state index in [1.54, 1.807) is 62.8 Å². The van der Waals surface area contributed by atoms with Gasteiger partial charge in [-0.3, -0.25) is 4.79 Å². The van der Waals surface area contributed by atoms with Crippen molar-refractivity contribution >= 4 is 22.8 Å². The van der Waals surface area contributed by atoms with Gasteiger partial charge in [0.1, 0.15) is 23.1 Å². The highest BCUT2D eigenvalue weighted by Crippen LogP contribution is 2.24. The van der Waals surface area contributed by atoms with Crippen LogP contribution in [0.1, 0.15) is 16.1 Å². The first-order valence-electron chi connectivity index (χ1n) is 8.24. The largest absolute Gasteiger partial charge is 0.497 e. The smallest absolute Gasteiger partial charge is 0.326 e. The summed E-state index contributed by atoms with van der Waals surface area (Å²) in [4.78, 5) is 24.0. The van der Waals surface area contributed by atoms with Crippen molar-refractivity contribution in [3.63, 3.8) is 0 Å².